The summed E-state index contributed by atoms with van der Waals surface area (Å²) in [6.45, 7) is 0. The molecule has 92 valence electrons. The lowest BCUT2D eigenvalue weighted by Crippen LogP contribution is -2.43. The van der Waals surface area contributed by atoms with Crippen LogP contribution in [0.3, 0.4) is 0 Å². The summed E-state index contributed by atoms with van der Waals surface area (Å²) in [4.78, 5) is 0. The molecular formula is C15H21NO. The van der Waals surface area contributed by atoms with E-state index >= 15 is 0 Å². The second-order valence-corrected chi connectivity index (χ2v) is 5.42. The lowest BCUT2D eigenvalue weighted by molar-refractivity contribution is 0.0848. The molecule has 0 spiro atoms. The fraction of sp³-hybridized carbons (Fsp3) is 0.600. The van der Waals surface area contributed by atoms with Gasteiger partial charge in [0.05, 0.1) is 6.10 Å². The Morgan fingerprint density at radius 2 is 1.88 bits per heavy atom. The van der Waals surface area contributed by atoms with Gasteiger partial charge in [-0.1, -0.05) is 37.1 Å². The normalized spacial score (nSPS) is 32.4. The molecule has 0 unspecified atom stereocenters. The highest BCUT2D eigenvalue weighted by molar-refractivity contribution is 5.34. The largest absolute Gasteiger partial charge is 0.392 e. The Balaban J connectivity index is 1.70. The van der Waals surface area contributed by atoms with E-state index in [1.54, 1.807) is 0 Å². The number of aliphatic hydroxyl groups is 1. The Bertz CT molecular complexity index is 390. The molecule has 1 fully saturated rings. The summed E-state index contributed by atoms with van der Waals surface area (Å²) in [5.41, 5.74) is 2.93. The molecule has 1 saturated carbocycles. The van der Waals surface area contributed by atoms with Gasteiger partial charge in [-0.15, -0.1) is 0 Å². The SMILES string of the molecule is O[C@@H]1CCCC[C@H]1N[C@H]1CCc2ccccc21. The van der Waals surface area contributed by atoms with Crippen LogP contribution in [0, 0.1) is 0 Å². The van der Waals surface area contributed by atoms with E-state index in [0.717, 1.165) is 12.8 Å². The lowest BCUT2D eigenvalue weighted by atomic mass is 9.91. The van der Waals surface area contributed by atoms with Gasteiger partial charge in [-0.25, -0.2) is 0 Å². The van der Waals surface area contributed by atoms with Crippen molar-refractivity contribution in [3.05, 3.63) is 35.4 Å². The Kier molecular flexibility index (Phi) is 3.17. The maximum absolute atomic E-state index is 10.0. The zero-order valence-electron chi connectivity index (χ0n) is 10.2. The summed E-state index contributed by atoms with van der Waals surface area (Å²) in [6, 6.07) is 9.47. The van der Waals surface area contributed by atoms with Crippen LogP contribution in [0.5, 0.6) is 0 Å². The van der Waals surface area contributed by atoms with Crippen LogP contribution in [-0.4, -0.2) is 17.3 Å². The smallest absolute Gasteiger partial charge is 0.0693 e. The van der Waals surface area contributed by atoms with Crippen LogP contribution in [0.1, 0.15) is 49.3 Å². The molecule has 2 heteroatoms. The van der Waals surface area contributed by atoms with Gasteiger partial charge in [0, 0.05) is 12.1 Å². The molecule has 1 aromatic carbocycles. The monoisotopic (exact) mass is 231 g/mol. The van der Waals surface area contributed by atoms with E-state index in [1.165, 1.54) is 36.8 Å². The lowest BCUT2D eigenvalue weighted by Gasteiger charge is -2.31. The van der Waals surface area contributed by atoms with E-state index in [4.69, 9.17) is 0 Å². The summed E-state index contributed by atoms with van der Waals surface area (Å²) in [5, 5.41) is 13.7. The van der Waals surface area contributed by atoms with Crippen LogP contribution in [-0.2, 0) is 6.42 Å². The first-order valence-corrected chi connectivity index (χ1v) is 6.86. The van der Waals surface area contributed by atoms with E-state index in [2.05, 4.69) is 29.6 Å². The Morgan fingerprint density at radius 3 is 2.76 bits per heavy atom. The van der Waals surface area contributed by atoms with E-state index in [9.17, 15) is 5.11 Å². The zero-order chi connectivity index (χ0) is 11.7. The van der Waals surface area contributed by atoms with Crippen molar-refractivity contribution in [1.82, 2.24) is 5.32 Å². The van der Waals surface area contributed by atoms with Gasteiger partial charge in [0.2, 0.25) is 0 Å². The highest BCUT2D eigenvalue weighted by Gasteiger charge is 2.28. The fourth-order valence-corrected chi connectivity index (χ4v) is 3.29. The van der Waals surface area contributed by atoms with Crippen LogP contribution in [0.4, 0.5) is 0 Å². The van der Waals surface area contributed by atoms with Crippen molar-refractivity contribution in [2.45, 2.75) is 56.7 Å². The third kappa shape index (κ3) is 2.24. The van der Waals surface area contributed by atoms with E-state index in [1.807, 2.05) is 0 Å². The average Bonchev–Trinajstić information content (AvgIpc) is 2.76. The predicted molar refractivity (Wildman–Crippen MR) is 68.9 cm³/mol. The summed E-state index contributed by atoms with van der Waals surface area (Å²) in [5.74, 6) is 0. The second-order valence-electron chi connectivity index (χ2n) is 5.42. The topological polar surface area (TPSA) is 32.3 Å². The highest BCUT2D eigenvalue weighted by atomic mass is 16.3. The molecule has 0 bridgehead atoms. The summed E-state index contributed by atoms with van der Waals surface area (Å²) in [6.07, 6.45) is 6.74. The van der Waals surface area contributed by atoms with Crippen LogP contribution < -0.4 is 5.32 Å². The minimum Gasteiger partial charge on any atom is -0.392 e. The Morgan fingerprint density at radius 1 is 1.06 bits per heavy atom. The minimum atomic E-state index is -0.142. The number of nitrogens with one attached hydrogen (secondary N) is 1. The quantitative estimate of drug-likeness (QED) is 0.820. The van der Waals surface area contributed by atoms with Crippen molar-refractivity contribution < 1.29 is 5.11 Å². The van der Waals surface area contributed by atoms with Crippen molar-refractivity contribution in [2.24, 2.45) is 0 Å². The molecule has 3 rings (SSSR count). The second kappa shape index (κ2) is 4.79. The van der Waals surface area contributed by atoms with Crippen molar-refractivity contribution in [3.8, 4) is 0 Å². The predicted octanol–water partition coefficient (Wildman–Crippen LogP) is 2.57. The number of rotatable bonds is 2. The number of benzene rings is 1. The third-order valence-electron chi connectivity index (χ3n) is 4.28. The fourth-order valence-electron chi connectivity index (χ4n) is 3.29. The summed E-state index contributed by atoms with van der Waals surface area (Å²) in [7, 11) is 0. The van der Waals surface area contributed by atoms with Crippen molar-refractivity contribution >= 4 is 0 Å². The third-order valence-corrected chi connectivity index (χ3v) is 4.28. The molecule has 0 aliphatic heterocycles. The molecule has 0 amide bonds. The molecule has 2 aliphatic rings. The molecule has 2 nitrogen and oxygen atoms in total. The van der Waals surface area contributed by atoms with Gasteiger partial charge in [-0.3, -0.25) is 0 Å². The molecular weight excluding hydrogens is 210 g/mol. The van der Waals surface area contributed by atoms with Crippen molar-refractivity contribution in [2.75, 3.05) is 0 Å². The number of aryl methyl sites for hydroxylation is 1. The number of aliphatic hydroxyl groups excluding tert-OH is 1. The van der Waals surface area contributed by atoms with Gasteiger partial charge in [0.1, 0.15) is 0 Å². The first kappa shape index (κ1) is 11.2. The van der Waals surface area contributed by atoms with E-state index in [0.29, 0.717) is 12.1 Å². The van der Waals surface area contributed by atoms with Gasteiger partial charge < -0.3 is 10.4 Å². The number of hydrogen-bond donors (Lipinski definition) is 2. The Hall–Kier alpha value is -0.860. The molecule has 0 heterocycles. The van der Waals surface area contributed by atoms with Gasteiger partial charge in [-0.2, -0.15) is 0 Å². The molecule has 2 N–H and O–H groups in total. The maximum atomic E-state index is 10.0. The van der Waals surface area contributed by atoms with Crippen LogP contribution in [0.25, 0.3) is 0 Å². The molecule has 3 atom stereocenters. The van der Waals surface area contributed by atoms with E-state index in [-0.39, 0.29) is 6.10 Å². The summed E-state index contributed by atoms with van der Waals surface area (Å²) >= 11 is 0. The average molecular weight is 231 g/mol. The first-order valence-electron chi connectivity index (χ1n) is 6.86. The molecule has 0 aromatic heterocycles. The Labute approximate surface area is 103 Å². The van der Waals surface area contributed by atoms with Crippen molar-refractivity contribution in [3.63, 3.8) is 0 Å². The zero-order valence-corrected chi connectivity index (χ0v) is 10.2. The summed E-state index contributed by atoms with van der Waals surface area (Å²) < 4.78 is 0. The van der Waals surface area contributed by atoms with Gasteiger partial charge in [0.15, 0.2) is 0 Å². The van der Waals surface area contributed by atoms with Crippen LogP contribution in [0.15, 0.2) is 24.3 Å². The number of fused-ring (bicyclic) bond motifs is 1. The van der Waals surface area contributed by atoms with E-state index < -0.39 is 0 Å². The van der Waals surface area contributed by atoms with Crippen LogP contribution in [0.2, 0.25) is 0 Å². The highest BCUT2D eigenvalue weighted by Crippen LogP contribution is 2.32. The number of hydrogen-bond acceptors (Lipinski definition) is 2. The molecule has 0 saturated heterocycles. The van der Waals surface area contributed by atoms with Crippen molar-refractivity contribution in [1.29, 1.82) is 0 Å². The molecule has 2 aliphatic carbocycles. The van der Waals surface area contributed by atoms with Gasteiger partial charge in [0.25, 0.3) is 0 Å². The minimum absolute atomic E-state index is 0.142. The maximum Gasteiger partial charge on any atom is 0.0693 e. The molecule has 0 radical (unpaired) electrons. The molecule has 17 heavy (non-hydrogen) atoms. The standard InChI is InChI=1S/C15H21NO/c17-15-8-4-3-7-14(15)16-13-10-9-11-5-1-2-6-12(11)13/h1-2,5-6,13-17H,3-4,7-10H2/t13-,14+,15+/m0/s1. The van der Waals surface area contributed by atoms with Gasteiger partial charge in [-0.05, 0) is 36.8 Å². The molecule has 1 aromatic rings. The van der Waals surface area contributed by atoms with Gasteiger partial charge >= 0.3 is 0 Å². The van der Waals surface area contributed by atoms with Crippen LogP contribution >= 0.6 is 0 Å². The first-order chi connectivity index (χ1) is 8.34.